The van der Waals surface area contributed by atoms with Gasteiger partial charge in [-0.15, -0.1) is 0 Å². The Kier molecular flexibility index (Phi) is 2.91. The minimum Gasteiger partial charge on any atom is -0.494 e. The molecule has 19 heavy (non-hydrogen) atoms. The van der Waals surface area contributed by atoms with Gasteiger partial charge in [0.15, 0.2) is 5.65 Å². The number of aryl methyl sites for hydroxylation is 1. The molecule has 0 spiro atoms. The second-order valence-corrected chi connectivity index (χ2v) is 4.28. The summed E-state index contributed by atoms with van der Waals surface area (Å²) < 4.78 is 7.21. The Morgan fingerprint density at radius 3 is 2.79 bits per heavy atom. The lowest BCUT2D eigenvalue weighted by Gasteiger charge is -2.06. The Morgan fingerprint density at radius 1 is 1.26 bits per heavy atom. The van der Waals surface area contributed by atoms with Crippen LogP contribution in [-0.4, -0.2) is 21.2 Å². The molecule has 0 saturated heterocycles. The molecule has 0 aliphatic carbocycles. The van der Waals surface area contributed by atoms with Gasteiger partial charge in [-0.2, -0.15) is 5.10 Å². The van der Waals surface area contributed by atoms with Crippen LogP contribution in [0.5, 0.6) is 5.75 Å². The van der Waals surface area contributed by atoms with E-state index in [-0.39, 0.29) is 0 Å². The van der Waals surface area contributed by atoms with Crippen molar-refractivity contribution in [3.63, 3.8) is 0 Å². The molecule has 1 aromatic carbocycles. The van der Waals surface area contributed by atoms with Crippen molar-refractivity contribution < 1.29 is 4.74 Å². The van der Waals surface area contributed by atoms with Crippen LogP contribution in [0.2, 0.25) is 0 Å². The molecule has 0 amide bonds. The van der Waals surface area contributed by atoms with Crippen LogP contribution in [0.4, 0.5) is 0 Å². The smallest absolute Gasteiger partial charge is 0.156 e. The standard InChI is InChI=1S/C15H14N3O/c1-3-19-13-6-4-12(5-7-13)14-10-11(2)18-15(17-14)8-9-16-18/h4-8,10H,3H2,1-2H3. The molecule has 1 radical (unpaired) electrons. The summed E-state index contributed by atoms with van der Waals surface area (Å²) in [5.74, 6) is 0.877. The van der Waals surface area contributed by atoms with Crippen LogP contribution in [0.25, 0.3) is 16.9 Å². The summed E-state index contributed by atoms with van der Waals surface area (Å²) in [6.45, 7) is 4.66. The van der Waals surface area contributed by atoms with E-state index in [1.807, 2.05) is 44.2 Å². The van der Waals surface area contributed by atoms with Crippen molar-refractivity contribution in [2.75, 3.05) is 6.61 Å². The van der Waals surface area contributed by atoms with Crippen LogP contribution in [0.15, 0.2) is 36.4 Å². The average Bonchev–Trinajstić information content (AvgIpc) is 2.89. The summed E-state index contributed by atoms with van der Waals surface area (Å²) in [6, 6.07) is 11.8. The first-order chi connectivity index (χ1) is 9.28. The Morgan fingerprint density at radius 2 is 2.05 bits per heavy atom. The van der Waals surface area contributed by atoms with Crippen molar-refractivity contribution >= 4 is 5.65 Å². The van der Waals surface area contributed by atoms with Crippen molar-refractivity contribution in [3.05, 3.63) is 48.3 Å². The van der Waals surface area contributed by atoms with Crippen molar-refractivity contribution in [2.45, 2.75) is 13.8 Å². The molecule has 4 nitrogen and oxygen atoms in total. The minimum atomic E-state index is 0.675. The summed E-state index contributed by atoms with van der Waals surface area (Å²) >= 11 is 0. The van der Waals surface area contributed by atoms with Crippen LogP contribution in [-0.2, 0) is 0 Å². The lowest BCUT2D eigenvalue weighted by Crippen LogP contribution is -1.97. The largest absolute Gasteiger partial charge is 0.494 e. The zero-order valence-electron chi connectivity index (χ0n) is 10.9. The number of nitrogens with zero attached hydrogens (tertiary/aromatic N) is 3. The van der Waals surface area contributed by atoms with Gasteiger partial charge in [0.2, 0.25) is 0 Å². The van der Waals surface area contributed by atoms with Crippen LogP contribution in [0.3, 0.4) is 0 Å². The number of hydrogen-bond donors (Lipinski definition) is 0. The van der Waals surface area contributed by atoms with E-state index in [1.54, 1.807) is 10.6 Å². The highest BCUT2D eigenvalue weighted by Gasteiger charge is 2.05. The maximum Gasteiger partial charge on any atom is 0.156 e. The molecule has 3 rings (SSSR count). The van der Waals surface area contributed by atoms with Gasteiger partial charge in [0, 0.05) is 17.3 Å². The van der Waals surface area contributed by atoms with Gasteiger partial charge in [-0.25, -0.2) is 9.50 Å². The summed E-state index contributed by atoms with van der Waals surface area (Å²) in [5, 5.41) is 4.10. The Labute approximate surface area is 111 Å². The fourth-order valence-electron chi connectivity index (χ4n) is 2.05. The highest BCUT2D eigenvalue weighted by Crippen LogP contribution is 2.22. The topological polar surface area (TPSA) is 39.4 Å². The third-order valence-electron chi connectivity index (χ3n) is 2.94. The third-order valence-corrected chi connectivity index (χ3v) is 2.94. The van der Waals surface area contributed by atoms with Gasteiger partial charge in [0.05, 0.1) is 12.3 Å². The molecule has 2 heterocycles. The van der Waals surface area contributed by atoms with Crippen molar-refractivity contribution in [1.29, 1.82) is 0 Å². The number of fused-ring (bicyclic) bond motifs is 1. The molecule has 0 aliphatic heterocycles. The maximum absolute atomic E-state index is 5.44. The van der Waals surface area contributed by atoms with E-state index >= 15 is 0 Å². The molecule has 0 bridgehead atoms. The van der Waals surface area contributed by atoms with Gasteiger partial charge in [0.25, 0.3) is 0 Å². The van der Waals surface area contributed by atoms with Crippen LogP contribution < -0.4 is 4.74 Å². The molecule has 3 aromatic rings. The van der Waals surface area contributed by atoms with E-state index in [4.69, 9.17) is 4.74 Å². The summed E-state index contributed by atoms with van der Waals surface area (Å²) in [7, 11) is 0. The van der Waals surface area contributed by atoms with E-state index in [0.29, 0.717) is 6.61 Å². The first-order valence-electron chi connectivity index (χ1n) is 6.24. The van der Waals surface area contributed by atoms with Gasteiger partial charge in [-0.1, -0.05) is 0 Å². The number of ether oxygens (including phenoxy) is 1. The van der Waals surface area contributed by atoms with Gasteiger partial charge < -0.3 is 4.74 Å². The first kappa shape index (κ1) is 11.7. The molecule has 0 unspecified atom stereocenters. The average molecular weight is 252 g/mol. The van der Waals surface area contributed by atoms with Crippen molar-refractivity contribution in [1.82, 2.24) is 14.6 Å². The molecular weight excluding hydrogens is 238 g/mol. The highest BCUT2D eigenvalue weighted by atomic mass is 16.5. The SMILES string of the molecule is CCOc1ccc(-c2cc(C)n3n[c]cc3n2)cc1. The van der Waals surface area contributed by atoms with Gasteiger partial charge in [-0.3, -0.25) is 0 Å². The number of rotatable bonds is 3. The normalized spacial score (nSPS) is 10.8. The Balaban J connectivity index is 2.03. The lowest BCUT2D eigenvalue weighted by molar-refractivity contribution is 0.340. The van der Waals surface area contributed by atoms with E-state index in [1.165, 1.54) is 0 Å². The number of aromatic nitrogens is 3. The zero-order valence-corrected chi connectivity index (χ0v) is 10.9. The highest BCUT2D eigenvalue weighted by molar-refractivity contribution is 5.63. The van der Waals surface area contributed by atoms with Crippen LogP contribution in [0.1, 0.15) is 12.6 Å². The van der Waals surface area contributed by atoms with Crippen molar-refractivity contribution in [2.24, 2.45) is 0 Å². The molecular formula is C15H14N3O. The monoisotopic (exact) mass is 252 g/mol. The Bertz CT molecular complexity index is 701. The van der Waals surface area contributed by atoms with E-state index < -0.39 is 0 Å². The third kappa shape index (κ3) is 2.17. The maximum atomic E-state index is 5.44. The lowest BCUT2D eigenvalue weighted by atomic mass is 10.1. The predicted molar refractivity (Wildman–Crippen MR) is 73.2 cm³/mol. The minimum absolute atomic E-state index is 0.675. The van der Waals surface area contributed by atoms with Gasteiger partial charge >= 0.3 is 0 Å². The van der Waals surface area contributed by atoms with Gasteiger partial charge in [0.1, 0.15) is 11.9 Å². The molecule has 0 fully saturated rings. The summed E-state index contributed by atoms with van der Waals surface area (Å²) in [5.41, 5.74) is 3.84. The van der Waals surface area contributed by atoms with Gasteiger partial charge in [-0.05, 0) is 44.2 Å². The zero-order chi connectivity index (χ0) is 13.2. The molecule has 95 valence electrons. The molecule has 0 N–H and O–H groups in total. The fraction of sp³-hybridized carbons (Fsp3) is 0.200. The van der Waals surface area contributed by atoms with Crippen LogP contribution >= 0.6 is 0 Å². The van der Waals surface area contributed by atoms with E-state index in [9.17, 15) is 0 Å². The number of benzene rings is 1. The molecule has 0 aliphatic rings. The first-order valence-corrected chi connectivity index (χ1v) is 6.24. The van der Waals surface area contributed by atoms with Crippen molar-refractivity contribution in [3.8, 4) is 17.0 Å². The summed E-state index contributed by atoms with van der Waals surface area (Å²) in [6.07, 6.45) is 2.81. The second kappa shape index (κ2) is 4.72. The molecule has 4 heteroatoms. The predicted octanol–water partition coefficient (Wildman–Crippen LogP) is 2.90. The molecule has 0 atom stereocenters. The quantitative estimate of drug-likeness (QED) is 0.719. The van der Waals surface area contributed by atoms with E-state index in [2.05, 4.69) is 16.3 Å². The fourth-order valence-corrected chi connectivity index (χ4v) is 2.05. The van der Waals surface area contributed by atoms with Crippen LogP contribution in [0, 0.1) is 13.1 Å². The molecule has 2 aromatic heterocycles. The molecule has 0 saturated carbocycles. The summed E-state index contributed by atoms with van der Waals surface area (Å²) in [4.78, 5) is 4.57. The van der Waals surface area contributed by atoms with E-state index in [0.717, 1.165) is 28.3 Å². The Hall–Kier alpha value is -2.36. The second-order valence-electron chi connectivity index (χ2n) is 4.28. The number of hydrogen-bond acceptors (Lipinski definition) is 3.